The molecule has 0 saturated carbocycles. The Bertz CT molecular complexity index is 1200. The van der Waals surface area contributed by atoms with Crippen LogP contribution in [0.25, 0.3) is 0 Å². The molecule has 0 radical (unpaired) electrons. The molecule has 0 spiro atoms. The van der Waals surface area contributed by atoms with E-state index in [0.717, 1.165) is 0 Å². The zero-order valence-electron chi connectivity index (χ0n) is 20.9. The first-order valence-electron chi connectivity index (χ1n) is 12.3. The minimum absolute atomic E-state index is 0.196. The lowest BCUT2D eigenvalue weighted by Crippen LogP contribution is -2.49. The third-order valence-corrected chi connectivity index (χ3v) is 6.85. The third-order valence-electron chi connectivity index (χ3n) is 6.60. The highest BCUT2D eigenvalue weighted by molar-refractivity contribution is 6.30. The number of benzene rings is 2. The number of carbonyl (C=O) groups excluding carboxylic acids is 3. The molecule has 1 atom stereocenters. The normalized spacial score (nSPS) is 18.9. The molecule has 2 aromatic rings. The van der Waals surface area contributed by atoms with Gasteiger partial charge in [0.05, 0.1) is 18.2 Å². The van der Waals surface area contributed by atoms with E-state index in [1.54, 1.807) is 49.2 Å². The van der Waals surface area contributed by atoms with Crippen LogP contribution in [-0.2, 0) is 9.53 Å². The van der Waals surface area contributed by atoms with Crippen LogP contribution in [0.5, 0.6) is 0 Å². The molecule has 2 heterocycles. The summed E-state index contributed by atoms with van der Waals surface area (Å²) in [4.78, 5) is 44.3. The molecular weight excluding hydrogens is 499 g/mol. The second kappa shape index (κ2) is 11.7. The van der Waals surface area contributed by atoms with Gasteiger partial charge in [0.25, 0.3) is 5.91 Å². The van der Waals surface area contributed by atoms with Gasteiger partial charge in [0, 0.05) is 56.1 Å². The Kier molecular flexibility index (Phi) is 8.45. The molecule has 2 aliphatic heterocycles. The molecule has 1 fully saturated rings. The van der Waals surface area contributed by atoms with Crippen LogP contribution in [0.15, 0.2) is 59.8 Å². The smallest absolute Gasteiger partial charge is 0.338 e. The molecule has 0 aliphatic carbocycles. The molecule has 4 rings (SSSR count). The van der Waals surface area contributed by atoms with E-state index in [4.69, 9.17) is 16.3 Å². The van der Waals surface area contributed by atoms with E-state index in [2.05, 4.69) is 10.2 Å². The van der Waals surface area contributed by atoms with Gasteiger partial charge < -0.3 is 15.0 Å². The monoisotopic (exact) mass is 528 g/mol. The van der Waals surface area contributed by atoms with E-state index in [-0.39, 0.29) is 18.5 Å². The predicted octanol–water partition coefficient (Wildman–Crippen LogP) is 3.84. The Hall–Kier alpha value is -3.43. The maximum absolute atomic E-state index is 13.6. The van der Waals surface area contributed by atoms with Crippen LogP contribution < -0.4 is 5.32 Å². The Morgan fingerprint density at radius 1 is 1.11 bits per heavy atom. The fourth-order valence-electron chi connectivity index (χ4n) is 4.65. The number of hydrogen-bond acceptors (Lipinski definition) is 5. The van der Waals surface area contributed by atoms with Crippen molar-refractivity contribution in [2.75, 3.05) is 46.4 Å². The molecule has 37 heavy (non-hydrogen) atoms. The van der Waals surface area contributed by atoms with Gasteiger partial charge in [0.15, 0.2) is 0 Å². The van der Waals surface area contributed by atoms with Gasteiger partial charge in [-0.05, 0) is 49.2 Å². The van der Waals surface area contributed by atoms with E-state index >= 15 is 0 Å². The summed E-state index contributed by atoms with van der Waals surface area (Å²) >= 11 is 6.05. The van der Waals surface area contributed by atoms with Crippen molar-refractivity contribution in [1.82, 2.24) is 20.0 Å². The average molecular weight is 529 g/mol. The molecule has 1 saturated heterocycles. The largest absolute Gasteiger partial charge is 0.463 e. The summed E-state index contributed by atoms with van der Waals surface area (Å²) in [6.07, 6.45) is 0.694. The molecular formula is C27H30ClFN4O4. The van der Waals surface area contributed by atoms with E-state index in [0.29, 0.717) is 66.6 Å². The van der Waals surface area contributed by atoms with Gasteiger partial charge in [-0.1, -0.05) is 29.8 Å². The predicted molar refractivity (Wildman–Crippen MR) is 138 cm³/mol. The summed E-state index contributed by atoms with van der Waals surface area (Å²) in [5, 5.41) is 3.45. The first-order valence-corrected chi connectivity index (χ1v) is 12.6. The number of rotatable bonds is 6. The Labute approximate surface area is 220 Å². The van der Waals surface area contributed by atoms with Crippen LogP contribution in [-0.4, -0.2) is 79.0 Å². The van der Waals surface area contributed by atoms with E-state index in [1.807, 2.05) is 0 Å². The number of halogens is 2. The molecule has 1 N–H and O–H groups in total. The van der Waals surface area contributed by atoms with Crippen LogP contribution in [0.3, 0.4) is 0 Å². The van der Waals surface area contributed by atoms with Crippen molar-refractivity contribution < 1.29 is 23.5 Å². The van der Waals surface area contributed by atoms with Crippen molar-refractivity contribution in [3.8, 4) is 0 Å². The van der Waals surface area contributed by atoms with Crippen LogP contribution in [0.1, 0.15) is 35.3 Å². The van der Waals surface area contributed by atoms with Gasteiger partial charge in [-0.25, -0.2) is 14.0 Å². The van der Waals surface area contributed by atoms with Crippen molar-refractivity contribution in [3.05, 3.63) is 81.8 Å². The number of likely N-dealkylation sites (N-methyl/N-ethyl adjacent to an activating group) is 1. The molecule has 8 nitrogen and oxygen atoms in total. The number of carbonyl (C=O) groups is 3. The van der Waals surface area contributed by atoms with Crippen molar-refractivity contribution in [1.29, 1.82) is 0 Å². The van der Waals surface area contributed by atoms with Gasteiger partial charge in [-0.15, -0.1) is 0 Å². The lowest BCUT2D eigenvalue weighted by atomic mass is 9.94. The molecule has 196 valence electrons. The molecule has 2 aromatic carbocycles. The molecule has 0 bridgehead atoms. The van der Waals surface area contributed by atoms with Crippen molar-refractivity contribution in [2.24, 2.45) is 0 Å². The number of urea groups is 1. The standard InChI is InChI=1S/C27H30ClFN4O4/c1-3-37-26(35)23-22(31(2)27(36)30-24(23)18-8-10-20(28)11-9-18)17-32-12-5-13-33(15-14-32)25(34)19-6-4-7-21(29)16-19/h4,6-11,16,24H,3,5,12-15,17H2,1-2H3,(H,30,36). The summed E-state index contributed by atoms with van der Waals surface area (Å²) in [6, 6.07) is 11.6. The summed E-state index contributed by atoms with van der Waals surface area (Å²) < 4.78 is 19.0. The first-order chi connectivity index (χ1) is 17.8. The molecule has 3 amide bonds. The number of hydrogen-bond donors (Lipinski definition) is 1. The van der Waals surface area contributed by atoms with Gasteiger partial charge in [0.1, 0.15) is 5.82 Å². The summed E-state index contributed by atoms with van der Waals surface area (Å²) in [5.41, 5.74) is 1.94. The lowest BCUT2D eigenvalue weighted by molar-refractivity contribution is -0.139. The molecule has 1 unspecified atom stereocenters. The second-order valence-corrected chi connectivity index (χ2v) is 9.44. The number of ether oxygens (including phenoxy) is 1. The lowest BCUT2D eigenvalue weighted by Gasteiger charge is -2.36. The van der Waals surface area contributed by atoms with Crippen LogP contribution >= 0.6 is 11.6 Å². The maximum Gasteiger partial charge on any atom is 0.338 e. The van der Waals surface area contributed by atoms with Gasteiger partial charge in [-0.2, -0.15) is 0 Å². The van der Waals surface area contributed by atoms with E-state index in [1.165, 1.54) is 23.1 Å². The average Bonchev–Trinajstić information content (AvgIpc) is 3.12. The maximum atomic E-state index is 13.6. The molecule has 10 heteroatoms. The second-order valence-electron chi connectivity index (χ2n) is 9.01. The SMILES string of the molecule is CCOC(=O)C1=C(CN2CCCN(C(=O)c3cccc(F)c3)CC2)N(C)C(=O)NC1c1ccc(Cl)cc1. The highest BCUT2D eigenvalue weighted by Crippen LogP contribution is 2.32. The Morgan fingerprint density at radius 3 is 2.57 bits per heavy atom. The quantitative estimate of drug-likeness (QED) is 0.576. The van der Waals surface area contributed by atoms with Crippen molar-refractivity contribution in [3.63, 3.8) is 0 Å². The third kappa shape index (κ3) is 6.11. The molecule has 2 aliphatic rings. The molecule has 0 aromatic heterocycles. The Balaban J connectivity index is 1.59. The number of nitrogens with one attached hydrogen (secondary N) is 1. The highest BCUT2D eigenvalue weighted by Gasteiger charge is 2.37. The van der Waals surface area contributed by atoms with Gasteiger partial charge in [0.2, 0.25) is 0 Å². The zero-order chi connectivity index (χ0) is 26.5. The number of nitrogens with zero attached hydrogens (tertiary/aromatic N) is 3. The number of amides is 3. The minimum atomic E-state index is -0.687. The minimum Gasteiger partial charge on any atom is -0.463 e. The summed E-state index contributed by atoms with van der Waals surface area (Å²) in [6.45, 7) is 4.41. The zero-order valence-corrected chi connectivity index (χ0v) is 21.6. The fourth-order valence-corrected chi connectivity index (χ4v) is 4.78. The van der Waals surface area contributed by atoms with Crippen molar-refractivity contribution in [2.45, 2.75) is 19.4 Å². The van der Waals surface area contributed by atoms with Crippen LogP contribution in [0, 0.1) is 5.82 Å². The van der Waals surface area contributed by atoms with E-state index < -0.39 is 17.8 Å². The van der Waals surface area contributed by atoms with E-state index in [9.17, 15) is 18.8 Å². The van der Waals surface area contributed by atoms with Crippen LogP contribution in [0.4, 0.5) is 9.18 Å². The van der Waals surface area contributed by atoms with Gasteiger partial charge in [-0.3, -0.25) is 14.6 Å². The fraction of sp³-hybridized carbons (Fsp3) is 0.370. The first kappa shape index (κ1) is 26.6. The Morgan fingerprint density at radius 2 is 1.86 bits per heavy atom. The van der Waals surface area contributed by atoms with Gasteiger partial charge >= 0.3 is 12.0 Å². The summed E-state index contributed by atoms with van der Waals surface area (Å²) in [7, 11) is 1.62. The van der Waals surface area contributed by atoms with Crippen LogP contribution in [0.2, 0.25) is 5.02 Å². The summed E-state index contributed by atoms with van der Waals surface area (Å²) in [5.74, 6) is -1.17. The van der Waals surface area contributed by atoms with Crippen molar-refractivity contribution >= 4 is 29.5 Å². The number of esters is 1. The topological polar surface area (TPSA) is 82.2 Å². The highest BCUT2D eigenvalue weighted by atomic mass is 35.5.